The lowest BCUT2D eigenvalue weighted by Crippen LogP contribution is -2.59. The Hall–Kier alpha value is -4.36. The minimum Gasteiger partial charge on any atom is -0.455 e. The Morgan fingerprint density at radius 1 is 0.963 bits per heavy atom. The van der Waals surface area contributed by atoms with Gasteiger partial charge in [0.25, 0.3) is 5.91 Å². The van der Waals surface area contributed by atoms with E-state index >= 15 is 9.59 Å². The molecule has 1 spiro atoms. The number of hydrogen-bond donors (Lipinski definition) is 2. The summed E-state index contributed by atoms with van der Waals surface area (Å²) in [6.45, 7) is 3.78. The molecule has 0 aromatic heterocycles. The number of esters is 1. The molecule has 4 aliphatic rings. The summed E-state index contributed by atoms with van der Waals surface area (Å²) in [5.41, 5.74) is -0.300. The SMILES string of the molecule is COC[C@@H]1NC(=O)CC/C=C\CN(c2ccc3ccccc3c2)C(=O)[C@H]2N([C@@H](CO)CC(C)C)C(=O)[C@@H]3[C@@H](C(=O)O[C@H]1c1ccccc1)[C@@H]1O[C@@]32C=C1Br. The summed E-state index contributed by atoms with van der Waals surface area (Å²) in [5.74, 6) is -4.01. The standard InChI is InChI=1S/C42H46BrN3O8/c1-25(2)20-30(23-47)46-38-40(50)45(29-18-17-26-12-9-10-15-28(26)21-29)19-11-5-8-16-33(48)44-32(24-52-3)36(27-13-6-4-7-14-27)53-41(51)34-35(39(46)49)42(38)22-31(43)37(34)54-42/h4-7,9-15,17-18,21-22,25,30,32,34-38,47H,8,16,19-20,23-24H2,1-3H3,(H,44,48)/b11-5-/t30-,32+,34-,35+,36+,37-,38-,42+/m1/s1. The second-order valence-corrected chi connectivity index (χ2v) is 15.8. The van der Waals surface area contributed by atoms with Crippen LogP contribution in [-0.2, 0) is 33.4 Å². The van der Waals surface area contributed by atoms with Gasteiger partial charge in [0.05, 0.1) is 31.2 Å². The molecule has 4 aliphatic heterocycles. The Balaban J connectivity index is 1.38. The largest absolute Gasteiger partial charge is 0.455 e. The van der Waals surface area contributed by atoms with Gasteiger partial charge in [-0.3, -0.25) is 19.2 Å². The summed E-state index contributed by atoms with van der Waals surface area (Å²) in [6, 6.07) is 20.0. The number of nitrogens with one attached hydrogen (secondary N) is 1. The van der Waals surface area contributed by atoms with Gasteiger partial charge in [0, 0.05) is 30.2 Å². The highest BCUT2D eigenvalue weighted by Gasteiger charge is 2.75. The number of amides is 3. The molecule has 12 heteroatoms. The molecule has 0 aliphatic carbocycles. The van der Waals surface area contributed by atoms with Crippen LogP contribution in [0.2, 0.25) is 0 Å². The molecule has 0 unspecified atom stereocenters. The molecule has 2 fully saturated rings. The van der Waals surface area contributed by atoms with Crippen LogP contribution in [0.3, 0.4) is 0 Å². The van der Waals surface area contributed by atoms with E-state index in [1.54, 1.807) is 11.0 Å². The Labute approximate surface area is 323 Å². The number of halogens is 1. The van der Waals surface area contributed by atoms with E-state index in [0.717, 1.165) is 10.8 Å². The number of carbonyl (C=O) groups is 4. The summed E-state index contributed by atoms with van der Waals surface area (Å²) in [7, 11) is 1.51. The van der Waals surface area contributed by atoms with Gasteiger partial charge >= 0.3 is 5.97 Å². The van der Waals surface area contributed by atoms with Crippen LogP contribution < -0.4 is 10.2 Å². The molecule has 0 radical (unpaired) electrons. The summed E-state index contributed by atoms with van der Waals surface area (Å²) in [6.07, 6.45) is 4.55. The van der Waals surface area contributed by atoms with Crippen molar-refractivity contribution in [2.45, 2.75) is 69.0 Å². The third-order valence-corrected chi connectivity index (χ3v) is 11.6. The first-order valence-electron chi connectivity index (χ1n) is 18.6. The third kappa shape index (κ3) is 6.89. The summed E-state index contributed by atoms with van der Waals surface area (Å²) < 4.78 is 19.2. The fourth-order valence-electron chi connectivity index (χ4n) is 8.64. The molecule has 11 nitrogen and oxygen atoms in total. The summed E-state index contributed by atoms with van der Waals surface area (Å²) in [4.78, 5) is 61.6. The highest BCUT2D eigenvalue weighted by molar-refractivity contribution is 9.11. The average molecular weight is 801 g/mol. The van der Waals surface area contributed by atoms with Crippen molar-refractivity contribution in [2.75, 3.05) is 31.8 Å². The molecule has 8 atom stereocenters. The van der Waals surface area contributed by atoms with Gasteiger partial charge in [-0.15, -0.1) is 0 Å². The first-order valence-corrected chi connectivity index (χ1v) is 19.3. The number of benzene rings is 3. The number of aliphatic hydroxyl groups excluding tert-OH is 1. The smallest absolute Gasteiger partial charge is 0.313 e. The van der Waals surface area contributed by atoms with Gasteiger partial charge < -0.3 is 34.4 Å². The minimum atomic E-state index is -1.54. The van der Waals surface area contributed by atoms with Gasteiger partial charge in [-0.2, -0.15) is 0 Å². The first-order chi connectivity index (χ1) is 26.1. The molecule has 3 amide bonds. The molecule has 4 heterocycles. The zero-order chi connectivity index (χ0) is 38.1. The van der Waals surface area contributed by atoms with Crippen LogP contribution in [0.15, 0.2) is 95.5 Å². The molecule has 3 aromatic carbocycles. The van der Waals surface area contributed by atoms with E-state index in [0.29, 0.717) is 28.6 Å². The van der Waals surface area contributed by atoms with Crippen LogP contribution in [0.1, 0.15) is 44.8 Å². The minimum absolute atomic E-state index is 0.0490. The zero-order valence-corrected chi connectivity index (χ0v) is 32.2. The molecular weight excluding hydrogens is 754 g/mol. The fourth-order valence-corrected chi connectivity index (χ4v) is 9.37. The maximum absolute atomic E-state index is 15.4. The number of rotatable bonds is 8. The number of cyclic esters (lactones) is 1. The molecule has 2 saturated heterocycles. The van der Waals surface area contributed by atoms with Crippen molar-refractivity contribution in [3.63, 3.8) is 0 Å². The normalized spacial score (nSPS) is 30.0. The van der Waals surface area contributed by atoms with Crippen LogP contribution in [-0.4, -0.2) is 90.4 Å². The lowest BCUT2D eigenvalue weighted by molar-refractivity contribution is -0.162. The lowest BCUT2D eigenvalue weighted by Gasteiger charge is -2.39. The zero-order valence-electron chi connectivity index (χ0n) is 30.6. The second-order valence-electron chi connectivity index (χ2n) is 14.9. The molecule has 7 rings (SSSR count). The van der Waals surface area contributed by atoms with Crippen molar-refractivity contribution in [1.82, 2.24) is 10.2 Å². The van der Waals surface area contributed by atoms with Gasteiger partial charge in [-0.1, -0.05) is 103 Å². The fraction of sp³-hybridized carbons (Fsp3) is 0.429. The molecule has 54 heavy (non-hydrogen) atoms. The van der Waals surface area contributed by atoms with E-state index in [4.69, 9.17) is 14.2 Å². The van der Waals surface area contributed by atoms with Gasteiger partial charge in [-0.25, -0.2) is 0 Å². The molecule has 284 valence electrons. The summed E-state index contributed by atoms with van der Waals surface area (Å²) in [5, 5.41) is 15.8. The molecule has 3 aromatic rings. The van der Waals surface area contributed by atoms with E-state index in [2.05, 4.69) is 21.2 Å². The lowest BCUT2D eigenvalue weighted by atomic mass is 9.74. The van der Waals surface area contributed by atoms with Crippen LogP contribution >= 0.6 is 15.9 Å². The molecule has 5 bridgehead atoms. The number of hydrogen-bond acceptors (Lipinski definition) is 8. The monoisotopic (exact) mass is 799 g/mol. The number of anilines is 1. The quantitative estimate of drug-likeness (QED) is 0.234. The predicted octanol–water partition coefficient (Wildman–Crippen LogP) is 5.22. The van der Waals surface area contributed by atoms with Gasteiger partial charge in [0.1, 0.15) is 29.8 Å². The van der Waals surface area contributed by atoms with Gasteiger partial charge in [0.2, 0.25) is 11.8 Å². The predicted molar refractivity (Wildman–Crippen MR) is 206 cm³/mol. The van der Waals surface area contributed by atoms with Crippen molar-refractivity contribution in [3.05, 3.63) is 101 Å². The van der Waals surface area contributed by atoms with Crippen LogP contribution in [0.4, 0.5) is 5.69 Å². The van der Waals surface area contributed by atoms with E-state index in [1.165, 1.54) is 12.0 Å². The van der Waals surface area contributed by atoms with Crippen LogP contribution in [0, 0.1) is 17.8 Å². The number of carbonyl (C=O) groups excluding carboxylic acids is 4. The number of nitrogens with zero attached hydrogens (tertiary/aromatic N) is 2. The van der Waals surface area contributed by atoms with Crippen LogP contribution in [0.25, 0.3) is 10.8 Å². The topological polar surface area (TPSA) is 135 Å². The number of fused-ring (bicyclic) bond motifs is 3. The van der Waals surface area contributed by atoms with Crippen molar-refractivity contribution in [2.24, 2.45) is 17.8 Å². The van der Waals surface area contributed by atoms with Crippen molar-refractivity contribution in [3.8, 4) is 0 Å². The van der Waals surface area contributed by atoms with Crippen molar-refractivity contribution >= 4 is 56.1 Å². The number of aliphatic hydroxyl groups is 1. The number of allylic oxidation sites excluding steroid dienone is 1. The van der Waals surface area contributed by atoms with E-state index in [9.17, 15) is 14.7 Å². The Bertz CT molecular complexity index is 1970. The maximum atomic E-state index is 15.4. The Kier molecular flexibility index (Phi) is 11.1. The number of methoxy groups -OCH3 is 1. The van der Waals surface area contributed by atoms with Crippen molar-refractivity contribution in [1.29, 1.82) is 0 Å². The number of likely N-dealkylation sites (tertiary alicyclic amines) is 1. The highest BCUT2D eigenvalue weighted by Crippen LogP contribution is 2.59. The van der Waals surface area contributed by atoms with Gasteiger partial charge in [0.15, 0.2) is 0 Å². The van der Waals surface area contributed by atoms with Crippen molar-refractivity contribution < 1.29 is 38.5 Å². The second kappa shape index (κ2) is 15.8. The van der Waals surface area contributed by atoms with Gasteiger partial charge in [-0.05, 0) is 53.3 Å². The number of ether oxygens (including phenoxy) is 3. The maximum Gasteiger partial charge on any atom is 0.313 e. The van der Waals surface area contributed by atoms with E-state index in [-0.39, 0.29) is 38.0 Å². The Morgan fingerprint density at radius 2 is 1.70 bits per heavy atom. The van der Waals surface area contributed by atoms with Crippen LogP contribution in [0.5, 0.6) is 0 Å². The van der Waals surface area contributed by atoms with E-state index in [1.807, 2.05) is 98.8 Å². The molecular formula is C42H46BrN3O8. The third-order valence-electron chi connectivity index (χ3n) is 11.0. The average Bonchev–Trinajstić information content (AvgIpc) is 3.76. The molecule has 0 saturated carbocycles. The molecule has 2 N–H and O–H groups in total. The summed E-state index contributed by atoms with van der Waals surface area (Å²) >= 11 is 3.64. The first kappa shape index (κ1) is 37.9. The highest BCUT2D eigenvalue weighted by atomic mass is 79.9. The Morgan fingerprint density at radius 3 is 2.43 bits per heavy atom. The van der Waals surface area contributed by atoms with E-state index < -0.39 is 65.6 Å².